The van der Waals surface area contributed by atoms with Crippen LogP contribution in [0, 0.1) is 6.92 Å². The molecule has 1 N–H and O–H groups in total. The van der Waals surface area contributed by atoms with Gasteiger partial charge in [-0.2, -0.15) is 5.10 Å². The maximum absolute atomic E-state index is 4.52. The van der Waals surface area contributed by atoms with Gasteiger partial charge in [0.2, 0.25) is 0 Å². The van der Waals surface area contributed by atoms with E-state index in [-0.39, 0.29) is 0 Å². The first-order valence-corrected chi connectivity index (χ1v) is 7.51. The Bertz CT molecular complexity index is 318. The van der Waals surface area contributed by atoms with Gasteiger partial charge in [-0.05, 0) is 26.3 Å². The summed E-state index contributed by atoms with van der Waals surface area (Å²) in [5.41, 5.74) is 2.51. The second kappa shape index (κ2) is 9.15. The van der Waals surface area contributed by atoms with E-state index in [4.69, 9.17) is 0 Å². The van der Waals surface area contributed by atoms with E-state index < -0.39 is 0 Å². The van der Waals surface area contributed by atoms with E-state index in [0.29, 0.717) is 0 Å². The van der Waals surface area contributed by atoms with Crippen LogP contribution in [0.15, 0.2) is 6.20 Å². The van der Waals surface area contributed by atoms with Crippen LogP contribution in [0.3, 0.4) is 0 Å². The molecule has 0 spiro atoms. The highest BCUT2D eigenvalue weighted by Gasteiger charge is 2.03. The van der Waals surface area contributed by atoms with Gasteiger partial charge in [0.05, 0.1) is 5.69 Å². The standard InChI is InChI=1S/C15H29N3/c1-4-6-7-8-9-10-16-12-15-13-18(11-5-2)17-14(15)3/h13,16H,4-12H2,1-3H3. The fraction of sp³-hybridized carbons (Fsp3) is 0.800. The molecule has 3 nitrogen and oxygen atoms in total. The summed E-state index contributed by atoms with van der Waals surface area (Å²) < 4.78 is 2.06. The first-order valence-electron chi connectivity index (χ1n) is 7.51. The molecule has 0 aromatic carbocycles. The van der Waals surface area contributed by atoms with Crippen molar-refractivity contribution >= 4 is 0 Å². The van der Waals surface area contributed by atoms with E-state index in [1.165, 1.54) is 43.4 Å². The summed E-state index contributed by atoms with van der Waals surface area (Å²) in [5, 5.41) is 8.04. The van der Waals surface area contributed by atoms with Gasteiger partial charge in [-0.3, -0.25) is 4.68 Å². The SMILES string of the molecule is CCCCCCCNCc1cn(CCC)nc1C. The van der Waals surface area contributed by atoms with Crippen molar-refractivity contribution in [3.63, 3.8) is 0 Å². The van der Waals surface area contributed by atoms with Crippen LogP contribution < -0.4 is 5.32 Å². The molecule has 0 radical (unpaired) electrons. The highest BCUT2D eigenvalue weighted by Crippen LogP contribution is 2.06. The molecule has 1 rings (SSSR count). The number of hydrogen-bond donors (Lipinski definition) is 1. The van der Waals surface area contributed by atoms with Crippen LogP contribution in [0.1, 0.15) is 63.6 Å². The molecule has 1 heterocycles. The van der Waals surface area contributed by atoms with Crippen LogP contribution in [0.2, 0.25) is 0 Å². The molecular weight excluding hydrogens is 222 g/mol. The van der Waals surface area contributed by atoms with Gasteiger partial charge >= 0.3 is 0 Å². The monoisotopic (exact) mass is 251 g/mol. The minimum Gasteiger partial charge on any atom is -0.313 e. The van der Waals surface area contributed by atoms with Crippen molar-refractivity contribution in [2.45, 2.75) is 72.4 Å². The zero-order valence-corrected chi connectivity index (χ0v) is 12.3. The molecule has 1 aromatic rings. The van der Waals surface area contributed by atoms with Crippen LogP contribution >= 0.6 is 0 Å². The van der Waals surface area contributed by atoms with E-state index in [0.717, 1.165) is 26.1 Å². The first-order chi connectivity index (χ1) is 8.77. The summed E-state index contributed by atoms with van der Waals surface area (Å²) in [6.07, 6.45) is 10.1. The molecule has 1 aromatic heterocycles. The molecule has 0 amide bonds. The summed E-state index contributed by atoms with van der Waals surface area (Å²) in [6.45, 7) is 9.66. The number of unbranched alkanes of at least 4 members (excludes halogenated alkanes) is 4. The van der Waals surface area contributed by atoms with Gasteiger partial charge in [-0.25, -0.2) is 0 Å². The Balaban J connectivity index is 2.14. The van der Waals surface area contributed by atoms with Crippen molar-refractivity contribution in [3.8, 4) is 0 Å². The summed E-state index contributed by atoms with van der Waals surface area (Å²) in [6, 6.07) is 0. The molecule has 0 saturated carbocycles. The Morgan fingerprint density at radius 1 is 1.11 bits per heavy atom. The van der Waals surface area contributed by atoms with E-state index in [2.05, 4.69) is 42.1 Å². The zero-order valence-electron chi connectivity index (χ0n) is 12.3. The molecule has 3 heteroatoms. The maximum atomic E-state index is 4.52. The lowest BCUT2D eigenvalue weighted by Crippen LogP contribution is -2.14. The average molecular weight is 251 g/mol. The lowest BCUT2D eigenvalue weighted by Gasteiger charge is -2.03. The molecule has 104 valence electrons. The quantitative estimate of drug-likeness (QED) is 0.643. The van der Waals surface area contributed by atoms with Crippen molar-refractivity contribution in [2.24, 2.45) is 0 Å². The average Bonchev–Trinajstić information content (AvgIpc) is 2.69. The van der Waals surface area contributed by atoms with Crippen LogP contribution in [-0.4, -0.2) is 16.3 Å². The first kappa shape index (κ1) is 15.2. The largest absolute Gasteiger partial charge is 0.313 e. The third-order valence-corrected chi connectivity index (χ3v) is 3.27. The topological polar surface area (TPSA) is 29.9 Å². The smallest absolute Gasteiger partial charge is 0.0638 e. The Labute approximate surface area is 112 Å². The summed E-state index contributed by atoms with van der Waals surface area (Å²) in [4.78, 5) is 0. The van der Waals surface area contributed by atoms with Gasteiger partial charge in [0.15, 0.2) is 0 Å². The second-order valence-electron chi connectivity index (χ2n) is 5.09. The van der Waals surface area contributed by atoms with Gasteiger partial charge < -0.3 is 5.32 Å². The summed E-state index contributed by atoms with van der Waals surface area (Å²) >= 11 is 0. The highest BCUT2D eigenvalue weighted by atomic mass is 15.3. The van der Waals surface area contributed by atoms with Crippen LogP contribution in [-0.2, 0) is 13.1 Å². The third-order valence-electron chi connectivity index (χ3n) is 3.27. The molecule has 0 aliphatic heterocycles. The molecule has 18 heavy (non-hydrogen) atoms. The lowest BCUT2D eigenvalue weighted by molar-refractivity contribution is 0.581. The van der Waals surface area contributed by atoms with Crippen molar-refractivity contribution in [2.75, 3.05) is 6.54 Å². The van der Waals surface area contributed by atoms with E-state index in [1.807, 2.05) is 0 Å². The fourth-order valence-electron chi connectivity index (χ4n) is 2.15. The number of rotatable bonds is 10. The molecule has 0 unspecified atom stereocenters. The second-order valence-corrected chi connectivity index (χ2v) is 5.09. The molecule has 0 aliphatic carbocycles. The molecular formula is C15H29N3. The predicted octanol–water partition coefficient (Wildman–Crippen LogP) is 3.66. The number of nitrogens with one attached hydrogen (secondary N) is 1. The Hall–Kier alpha value is -0.830. The van der Waals surface area contributed by atoms with Crippen LogP contribution in [0.4, 0.5) is 0 Å². The maximum Gasteiger partial charge on any atom is 0.0638 e. The third kappa shape index (κ3) is 5.67. The van der Waals surface area contributed by atoms with Crippen molar-refractivity contribution in [3.05, 3.63) is 17.5 Å². The Morgan fingerprint density at radius 2 is 1.89 bits per heavy atom. The van der Waals surface area contributed by atoms with Crippen LogP contribution in [0.5, 0.6) is 0 Å². The summed E-state index contributed by atoms with van der Waals surface area (Å²) in [5.74, 6) is 0. The molecule has 0 aliphatic rings. The number of aromatic nitrogens is 2. The van der Waals surface area contributed by atoms with Crippen molar-refractivity contribution in [1.82, 2.24) is 15.1 Å². The Morgan fingerprint density at radius 3 is 2.61 bits per heavy atom. The lowest BCUT2D eigenvalue weighted by atomic mass is 10.1. The van der Waals surface area contributed by atoms with Crippen molar-refractivity contribution in [1.29, 1.82) is 0 Å². The highest BCUT2D eigenvalue weighted by molar-refractivity contribution is 5.14. The van der Waals surface area contributed by atoms with Gasteiger partial charge in [0, 0.05) is 24.8 Å². The molecule has 0 atom stereocenters. The van der Waals surface area contributed by atoms with E-state index in [9.17, 15) is 0 Å². The van der Waals surface area contributed by atoms with E-state index in [1.54, 1.807) is 0 Å². The van der Waals surface area contributed by atoms with Gasteiger partial charge in [0.25, 0.3) is 0 Å². The number of hydrogen-bond acceptors (Lipinski definition) is 2. The van der Waals surface area contributed by atoms with E-state index >= 15 is 0 Å². The number of nitrogens with zero attached hydrogens (tertiary/aromatic N) is 2. The molecule has 0 bridgehead atoms. The van der Waals surface area contributed by atoms with Crippen LogP contribution in [0.25, 0.3) is 0 Å². The van der Waals surface area contributed by atoms with Crippen molar-refractivity contribution < 1.29 is 0 Å². The van der Waals surface area contributed by atoms with Gasteiger partial charge in [-0.15, -0.1) is 0 Å². The van der Waals surface area contributed by atoms with Gasteiger partial charge in [0.1, 0.15) is 0 Å². The summed E-state index contributed by atoms with van der Waals surface area (Å²) in [7, 11) is 0. The minimum absolute atomic E-state index is 0.962. The zero-order chi connectivity index (χ0) is 13.2. The van der Waals surface area contributed by atoms with Gasteiger partial charge in [-0.1, -0.05) is 39.5 Å². The fourth-order valence-corrected chi connectivity index (χ4v) is 2.15. The Kier molecular flexibility index (Phi) is 7.74. The predicted molar refractivity (Wildman–Crippen MR) is 77.7 cm³/mol. The number of aryl methyl sites for hydroxylation is 2. The molecule has 0 saturated heterocycles. The minimum atomic E-state index is 0.962. The normalized spacial score (nSPS) is 11.1. The molecule has 0 fully saturated rings.